The van der Waals surface area contributed by atoms with E-state index in [0.717, 1.165) is 5.75 Å². The van der Waals surface area contributed by atoms with E-state index >= 15 is 0 Å². The largest absolute Gasteiger partial charge is 0.462 e. The van der Waals surface area contributed by atoms with Gasteiger partial charge in [0.2, 0.25) is 5.92 Å². The van der Waals surface area contributed by atoms with Gasteiger partial charge in [-0.1, -0.05) is 20.8 Å². The predicted molar refractivity (Wildman–Crippen MR) is 81.4 cm³/mol. The quantitative estimate of drug-likeness (QED) is 0.423. The molecule has 0 aliphatic heterocycles. The maximum absolute atomic E-state index is 13.1. The summed E-state index contributed by atoms with van der Waals surface area (Å²) in [6.07, 6.45) is 0.922. The maximum Gasteiger partial charge on any atom is 0.319 e. The van der Waals surface area contributed by atoms with Crippen molar-refractivity contribution < 1.29 is 18.3 Å². The molecule has 0 bridgehead atoms. The molecule has 1 unspecified atom stereocenters. The highest BCUT2D eigenvalue weighted by Gasteiger charge is 2.26. The minimum Gasteiger partial charge on any atom is -0.462 e. The van der Waals surface area contributed by atoms with E-state index in [1.54, 1.807) is 0 Å². The monoisotopic (exact) mass is 310 g/mol. The van der Waals surface area contributed by atoms with Gasteiger partial charge in [0.05, 0.1) is 6.10 Å². The lowest BCUT2D eigenvalue weighted by Crippen LogP contribution is -2.28. The number of thioether (sulfide) groups is 1. The molecule has 0 aliphatic carbocycles. The number of carbonyl (C=O) groups is 1. The van der Waals surface area contributed by atoms with Gasteiger partial charge in [0, 0.05) is 12.8 Å². The second-order valence-corrected chi connectivity index (χ2v) is 6.94. The molecule has 0 aliphatic rings. The van der Waals surface area contributed by atoms with Gasteiger partial charge in [0.1, 0.15) is 5.25 Å². The standard InChI is InChI=1S/C15H28F2O2S/c1-6-15(16,17)9-7-8-10-20-13(11(2)3)14(18)19-12(4)5/h11-13H,6-10H2,1-5H3. The molecule has 0 N–H and O–H groups in total. The highest BCUT2D eigenvalue weighted by atomic mass is 32.2. The Bertz CT molecular complexity index is 281. The predicted octanol–water partition coefficient (Wildman–Crippen LogP) is 4.91. The van der Waals surface area contributed by atoms with Crippen LogP contribution in [0.4, 0.5) is 8.78 Å². The van der Waals surface area contributed by atoms with Crippen molar-refractivity contribution >= 4 is 17.7 Å². The van der Waals surface area contributed by atoms with Gasteiger partial charge in [-0.3, -0.25) is 4.79 Å². The van der Waals surface area contributed by atoms with Crippen LogP contribution >= 0.6 is 11.8 Å². The molecule has 20 heavy (non-hydrogen) atoms. The molecule has 0 aromatic rings. The van der Waals surface area contributed by atoms with Crippen LogP contribution in [0.15, 0.2) is 0 Å². The van der Waals surface area contributed by atoms with Crippen LogP contribution in [0.2, 0.25) is 0 Å². The fourth-order valence-electron chi connectivity index (χ4n) is 1.70. The summed E-state index contributed by atoms with van der Waals surface area (Å²) in [6, 6.07) is 0. The molecule has 0 saturated carbocycles. The molecule has 5 heteroatoms. The number of esters is 1. The first kappa shape index (κ1) is 19.7. The number of ether oxygens (including phenoxy) is 1. The summed E-state index contributed by atoms with van der Waals surface area (Å²) in [7, 11) is 0. The molecule has 120 valence electrons. The molecule has 0 saturated heterocycles. The number of hydrogen-bond donors (Lipinski definition) is 0. The Balaban J connectivity index is 4.02. The van der Waals surface area contributed by atoms with Crippen molar-refractivity contribution in [3.63, 3.8) is 0 Å². The van der Waals surface area contributed by atoms with E-state index in [9.17, 15) is 13.6 Å². The van der Waals surface area contributed by atoms with Gasteiger partial charge in [-0.05, 0) is 38.4 Å². The first-order valence-electron chi connectivity index (χ1n) is 7.39. The van der Waals surface area contributed by atoms with Gasteiger partial charge in [0.25, 0.3) is 0 Å². The zero-order chi connectivity index (χ0) is 15.8. The Hall–Kier alpha value is -0.320. The van der Waals surface area contributed by atoms with Crippen molar-refractivity contribution in [3.8, 4) is 0 Å². The molecule has 1 atom stereocenters. The van der Waals surface area contributed by atoms with Crippen LogP contribution in [0.3, 0.4) is 0 Å². The molecular weight excluding hydrogens is 282 g/mol. The van der Waals surface area contributed by atoms with Gasteiger partial charge < -0.3 is 4.74 Å². The lowest BCUT2D eigenvalue weighted by Gasteiger charge is -2.20. The third-order valence-corrected chi connectivity index (χ3v) is 4.56. The summed E-state index contributed by atoms with van der Waals surface area (Å²) in [5.74, 6) is -1.84. The minimum absolute atomic E-state index is 0.0627. The van der Waals surface area contributed by atoms with Gasteiger partial charge in [-0.2, -0.15) is 0 Å². The molecule has 0 rings (SSSR count). The summed E-state index contributed by atoms with van der Waals surface area (Å²) in [5.41, 5.74) is 0. The molecule has 0 amide bonds. The summed E-state index contributed by atoms with van der Waals surface area (Å²) in [5, 5.41) is -0.205. The molecular formula is C15H28F2O2S. The first-order valence-corrected chi connectivity index (χ1v) is 8.44. The van der Waals surface area contributed by atoms with Gasteiger partial charge >= 0.3 is 5.97 Å². The van der Waals surface area contributed by atoms with E-state index in [4.69, 9.17) is 4.74 Å². The van der Waals surface area contributed by atoms with Crippen LogP contribution in [0.1, 0.15) is 60.3 Å². The van der Waals surface area contributed by atoms with E-state index in [2.05, 4.69) is 0 Å². The molecule has 0 fully saturated rings. The van der Waals surface area contributed by atoms with Crippen molar-refractivity contribution in [2.24, 2.45) is 5.92 Å². The van der Waals surface area contributed by atoms with Crippen LogP contribution in [-0.2, 0) is 9.53 Å². The SMILES string of the molecule is CCC(F)(F)CCCCSC(C(=O)OC(C)C)C(C)C. The average molecular weight is 310 g/mol. The van der Waals surface area contributed by atoms with E-state index in [-0.39, 0.29) is 36.1 Å². The number of unbranched alkanes of at least 4 members (excludes halogenated alkanes) is 1. The summed E-state index contributed by atoms with van der Waals surface area (Å²) in [4.78, 5) is 11.9. The van der Waals surface area contributed by atoms with Crippen LogP contribution < -0.4 is 0 Å². The Kier molecular flexibility index (Phi) is 9.43. The summed E-state index contributed by atoms with van der Waals surface area (Å²) in [6.45, 7) is 9.11. The normalized spacial score (nSPS) is 13.8. The molecule has 0 heterocycles. The molecule has 0 radical (unpaired) electrons. The average Bonchev–Trinajstić information content (AvgIpc) is 2.32. The van der Waals surface area contributed by atoms with E-state index in [1.807, 2.05) is 27.7 Å². The minimum atomic E-state index is -2.54. The van der Waals surface area contributed by atoms with E-state index < -0.39 is 5.92 Å². The maximum atomic E-state index is 13.1. The Labute approximate surface area is 126 Å². The number of alkyl halides is 2. The van der Waals surface area contributed by atoms with E-state index in [0.29, 0.717) is 12.8 Å². The fraction of sp³-hybridized carbons (Fsp3) is 0.933. The van der Waals surface area contributed by atoms with Gasteiger partial charge in [-0.25, -0.2) is 8.78 Å². The second-order valence-electron chi connectivity index (χ2n) is 5.69. The lowest BCUT2D eigenvalue weighted by molar-refractivity contribution is -0.147. The Morgan fingerprint density at radius 1 is 1.20 bits per heavy atom. The lowest BCUT2D eigenvalue weighted by atomic mass is 10.1. The Morgan fingerprint density at radius 2 is 1.80 bits per heavy atom. The molecule has 0 aromatic heterocycles. The number of hydrogen-bond acceptors (Lipinski definition) is 3. The third kappa shape index (κ3) is 8.77. The third-order valence-electron chi connectivity index (χ3n) is 2.94. The summed E-state index contributed by atoms with van der Waals surface area (Å²) < 4.78 is 31.3. The van der Waals surface area contributed by atoms with Crippen LogP contribution in [0.25, 0.3) is 0 Å². The smallest absolute Gasteiger partial charge is 0.319 e. The number of halogens is 2. The summed E-state index contributed by atoms with van der Waals surface area (Å²) >= 11 is 1.52. The highest BCUT2D eigenvalue weighted by molar-refractivity contribution is 8.00. The van der Waals surface area contributed by atoms with Crippen molar-refractivity contribution in [2.45, 2.75) is 77.6 Å². The Morgan fingerprint density at radius 3 is 2.25 bits per heavy atom. The van der Waals surface area contributed by atoms with Crippen molar-refractivity contribution in [1.82, 2.24) is 0 Å². The number of carbonyl (C=O) groups excluding carboxylic acids is 1. The zero-order valence-corrected chi connectivity index (χ0v) is 14.1. The first-order chi connectivity index (χ1) is 9.19. The highest BCUT2D eigenvalue weighted by Crippen LogP contribution is 2.27. The fourth-order valence-corrected chi connectivity index (χ4v) is 2.91. The van der Waals surface area contributed by atoms with Crippen molar-refractivity contribution in [3.05, 3.63) is 0 Å². The second kappa shape index (κ2) is 9.59. The molecule has 2 nitrogen and oxygen atoms in total. The van der Waals surface area contributed by atoms with Crippen LogP contribution in [0.5, 0.6) is 0 Å². The van der Waals surface area contributed by atoms with Crippen LogP contribution in [-0.4, -0.2) is 29.0 Å². The zero-order valence-electron chi connectivity index (χ0n) is 13.2. The van der Waals surface area contributed by atoms with E-state index in [1.165, 1.54) is 18.7 Å². The van der Waals surface area contributed by atoms with Crippen molar-refractivity contribution in [2.75, 3.05) is 5.75 Å². The van der Waals surface area contributed by atoms with Gasteiger partial charge in [-0.15, -0.1) is 11.8 Å². The van der Waals surface area contributed by atoms with Gasteiger partial charge in [0.15, 0.2) is 0 Å². The van der Waals surface area contributed by atoms with Crippen molar-refractivity contribution in [1.29, 1.82) is 0 Å². The molecule has 0 spiro atoms. The molecule has 0 aromatic carbocycles. The number of rotatable bonds is 10. The van der Waals surface area contributed by atoms with Crippen LogP contribution in [0, 0.1) is 5.92 Å². The topological polar surface area (TPSA) is 26.3 Å².